The fourth-order valence-corrected chi connectivity index (χ4v) is 4.06. The summed E-state index contributed by atoms with van der Waals surface area (Å²) in [5, 5.41) is 1.20. The molecule has 1 amide bonds. The molecule has 1 unspecified atom stereocenters. The number of benzene rings is 2. The molecule has 1 atom stereocenters. The van der Waals surface area contributed by atoms with Crippen LogP contribution >= 0.6 is 0 Å². The average Bonchev–Trinajstić information content (AvgIpc) is 2.88. The van der Waals surface area contributed by atoms with E-state index < -0.39 is 15.9 Å². The second-order valence-electron chi connectivity index (χ2n) is 6.11. The summed E-state index contributed by atoms with van der Waals surface area (Å²) in [7, 11) is -3.26. The van der Waals surface area contributed by atoms with Gasteiger partial charge in [0.1, 0.15) is 0 Å². The highest BCUT2D eigenvalue weighted by Crippen LogP contribution is 2.25. The number of anilines is 1. The van der Waals surface area contributed by atoms with Crippen LogP contribution in [0.3, 0.4) is 0 Å². The Balaban J connectivity index is 2.03. The zero-order chi connectivity index (χ0) is 17.3. The summed E-state index contributed by atoms with van der Waals surface area (Å²) in [6.45, 7) is 3.90. The fraction of sp³-hybridized carbons (Fsp3) is 0.211. The van der Waals surface area contributed by atoms with Gasteiger partial charge in [0.25, 0.3) is 5.91 Å². The summed E-state index contributed by atoms with van der Waals surface area (Å²) in [6.07, 6.45) is 1.59. The van der Waals surface area contributed by atoms with Gasteiger partial charge < -0.3 is 4.90 Å². The Morgan fingerprint density at radius 2 is 1.75 bits per heavy atom. The molecular formula is C19H19NO3S. The Morgan fingerprint density at radius 1 is 1.04 bits per heavy atom. The molecule has 24 heavy (non-hydrogen) atoms. The average molecular weight is 341 g/mol. The van der Waals surface area contributed by atoms with E-state index in [4.69, 9.17) is 0 Å². The van der Waals surface area contributed by atoms with Gasteiger partial charge in [-0.2, -0.15) is 0 Å². The van der Waals surface area contributed by atoms with Crippen LogP contribution in [-0.4, -0.2) is 26.1 Å². The maximum atomic E-state index is 13.1. The molecule has 0 saturated heterocycles. The molecule has 0 aliphatic carbocycles. The van der Waals surface area contributed by atoms with Gasteiger partial charge in [0.15, 0.2) is 9.84 Å². The molecule has 0 radical (unpaired) electrons. The molecule has 0 saturated carbocycles. The Bertz CT molecular complexity index is 898. The lowest BCUT2D eigenvalue weighted by Gasteiger charge is -2.28. The number of hydrogen-bond donors (Lipinski definition) is 0. The first kappa shape index (κ1) is 16.5. The van der Waals surface area contributed by atoms with Crippen molar-refractivity contribution < 1.29 is 13.2 Å². The molecule has 0 fully saturated rings. The molecule has 3 rings (SSSR count). The minimum absolute atomic E-state index is 0.0848. The second kappa shape index (κ2) is 6.24. The highest BCUT2D eigenvalue weighted by molar-refractivity contribution is 7.94. The molecule has 0 aromatic heterocycles. The van der Waals surface area contributed by atoms with E-state index in [1.165, 1.54) is 5.41 Å². The van der Waals surface area contributed by atoms with Gasteiger partial charge in [0, 0.05) is 16.7 Å². The number of sulfone groups is 1. The van der Waals surface area contributed by atoms with Crippen LogP contribution in [0.4, 0.5) is 5.69 Å². The maximum Gasteiger partial charge on any atom is 0.258 e. The van der Waals surface area contributed by atoms with Crippen molar-refractivity contribution in [3.63, 3.8) is 0 Å². The van der Waals surface area contributed by atoms with E-state index in [0.717, 1.165) is 11.1 Å². The van der Waals surface area contributed by atoms with E-state index in [2.05, 4.69) is 0 Å². The Hall–Kier alpha value is -2.40. The summed E-state index contributed by atoms with van der Waals surface area (Å²) in [5.74, 6) is -0.286. The van der Waals surface area contributed by atoms with Crippen LogP contribution < -0.4 is 4.90 Å². The molecule has 2 aromatic carbocycles. The first-order valence-electron chi connectivity index (χ1n) is 7.73. The van der Waals surface area contributed by atoms with Crippen LogP contribution in [0.2, 0.25) is 0 Å². The monoisotopic (exact) mass is 341 g/mol. The molecular weight excluding hydrogens is 322 g/mol. The fourth-order valence-electron chi connectivity index (χ4n) is 2.79. The Morgan fingerprint density at radius 3 is 2.33 bits per heavy atom. The third-order valence-electron chi connectivity index (χ3n) is 4.04. The topological polar surface area (TPSA) is 54.5 Å². The number of carbonyl (C=O) groups excluding carboxylic acids is 1. The van der Waals surface area contributed by atoms with E-state index in [1.807, 2.05) is 50.2 Å². The largest absolute Gasteiger partial charge is 0.300 e. The number of amides is 1. The third kappa shape index (κ3) is 3.41. The van der Waals surface area contributed by atoms with Crippen molar-refractivity contribution in [3.05, 3.63) is 76.7 Å². The van der Waals surface area contributed by atoms with Crippen LogP contribution in [0.15, 0.2) is 60.0 Å². The van der Waals surface area contributed by atoms with Crippen LogP contribution in [-0.2, 0) is 9.84 Å². The lowest BCUT2D eigenvalue weighted by atomic mass is 10.1. The predicted octanol–water partition coefficient (Wildman–Crippen LogP) is 3.26. The van der Waals surface area contributed by atoms with Crippen molar-refractivity contribution >= 4 is 21.4 Å². The Kier molecular flexibility index (Phi) is 4.28. The van der Waals surface area contributed by atoms with Gasteiger partial charge in [-0.25, -0.2) is 8.42 Å². The van der Waals surface area contributed by atoms with E-state index in [-0.39, 0.29) is 11.7 Å². The van der Waals surface area contributed by atoms with Crippen LogP contribution in [0.1, 0.15) is 21.5 Å². The molecule has 124 valence electrons. The van der Waals surface area contributed by atoms with Crippen molar-refractivity contribution in [2.24, 2.45) is 0 Å². The summed E-state index contributed by atoms with van der Waals surface area (Å²) >= 11 is 0. The molecule has 0 spiro atoms. The van der Waals surface area contributed by atoms with Crippen LogP contribution in [0.25, 0.3) is 0 Å². The lowest BCUT2D eigenvalue weighted by molar-refractivity contribution is 0.0983. The zero-order valence-corrected chi connectivity index (χ0v) is 14.5. The number of nitrogens with zero attached hydrogens (tertiary/aromatic N) is 1. The van der Waals surface area contributed by atoms with Gasteiger partial charge in [0.2, 0.25) is 0 Å². The number of hydrogen-bond acceptors (Lipinski definition) is 3. The highest BCUT2D eigenvalue weighted by Gasteiger charge is 2.32. The van der Waals surface area contributed by atoms with Crippen molar-refractivity contribution in [1.82, 2.24) is 0 Å². The minimum atomic E-state index is -3.26. The van der Waals surface area contributed by atoms with E-state index in [1.54, 1.807) is 23.1 Å². The van der Waals surface area contributed by atoms with E-state index in [0.29, 0.717) is 11.3 Å². The predicted molar refractivity (Wildman–Crippen MR) is 95.9 cm³/mol. The normalized spacial score (nSPS) is 18.5. The molecule has 5 heteroatoms. The summed E-state index contributed by atoms with van der Waals surface area (Å²) < 4.78 is 23.6. The quantitative estimate of drug-likeness (QED) is 0.861. The number of carbonyl (C=O) groups is 1. The van der Waals surface area contributed by atoms with Crippen molar-refractivity contribution in [3.8, 4) is 0 Å². The summed E-state index contributed by atoms with van der Waals surface area (Å²) in [6, 6.07) is 14.3. The van der Waals surface area contributed by atoms with Gasteiger partial charge in [-0.1, -0.05) is 29.8 Å². The van der Waals surface area contributed by atoms with Gasteiger partial charge in [-0.15, -0.1) is 0 Å². The Labute approximate surface area is 142 Å². The standard InChI is InChI=1S/C19H19NO3S/c1-14-6-8-16(9-7-14)19(21)20(17-5-3-4-15(2)12-17)18-10-11-24(22,23)13-18/h3-12,18H,13H2,1-2H3. The van der Waals surface area contributed by atoms with E-state index in [9.17, 15) is 13.2 Å². The molecule has 4 nitrogen and oxygen atoms in total. The molecule has 1 aliphatic heterocycles. The van der Waals surface area contributed by atoms with Crippen molar-refractivity contribution in [1.29, 1.82) is 0 Å². The molecule has 0 N–H and O–H groups in total. The third-order valence-corrected chi connectivity index (χ3v) is 5.42. The van der Waals surface area contributed by atoms with Gasteiger partial charge in [-0.05, 0) is 49.8 Å². The zero-order valence-electron chi connectivity index (χ0n) is 13.6. The van der Waals surface area contributed by atoms with E-state index >= 15 is 0 Å². The van der Waals surface area contributed by atoms with Gasteiger partial charge in [0.05, 0.1) is 11.8 Å². The minimum Gasteiger partial charge on any atom is -0.300 e. The first-order chi connectivity index (χ1) is 11.4. The number of aryl methyl sites for hydroxylation is 2. The smallest absolute Gasteiger partial charge is 0.258 e. The molecule has 1 heterocycles. The van der Waals surface area contributed by atoms with Crippen molar-refractivity contribution in [2.45, 2.75) is 19.9 Å². The van der Waals surface area contributed by atoms with Crippen LogP contribution in [0.5, 0.6) is 0 Å². The van der Waals surface area contributed by atoms with Crippen LogP contribution in [0, 0.1) is 13.8 Å². The second-order valence-corrected chi connectivity index (χ2v) is 8.04. The summed E-state index contributed by atoms with van der Waals surface area (Å²) in [5.41, 5.74) is 3.32. The molecule has 0 bridgehead atoms. The lowest BCUT2D eigenvalue weighted by Crippen LogP contribution is -2.41. The maximum absolute atomic E-state index is 13.1. The summed E-state index contributed by atoms with van der Waals surface area (Å²) in [4.78, 5) is 14.6. The SMILES string of the molecule is Cc1ccc(C(=O)N(c2cccc(C)c2)C2C=CS(=O)(=O)C2)cc1. The van der Waals surface area contributed by atoms with Crippen molar-refractivity contribution in [2.75, 3.05) is 10.7 Å². The number of rotatable bonds is 3. The highest BCUT2D eigenvalue weighted by atomic mass is 32.2. The molecule has 1 aliphatic rings. The van der Waals surface area contributed by atoms with Gasteiger partial charge in [-0.3, -0.25) is 4.79 Å². The molecule has 2 aromatic rings. The van der Waals surface area contributed by atoms with Gasteiger partial charge >= 0.3 is 0 Å². The first-order valence-corrected chi connectivity index (χ1v) is 9.45.